The van der Waals surface area contributed by atoms with Gasteiger partial charge in [0.25, 0.3) is 5.69 Å². The van der Waals surface area contributed by atoms with Crippen LogP contribution >= 0.6 is 31.9 Å². The monoisotopic (exact) mass is 383 g/mol. The van der Waals surface area contributed by atoms with Crippen LogP contribution in [0, 0.1) is 10.1 Å². The Balaban J connectivity index is 2.22. The number of benzene rings is 2. The Morgan fingerprint density at radius 1 is 1.21 bits per heavy atom. The van der Waals surface area contributed by atoms with Crippen molar-refractivity contribution in [3.63, 3.8) is 0 Å². The summed E-state index contributed by atoms with van der Waals surface area (Å²) in [6.07, 6.45) is 0.577. The molecule has 0 aliphatic heterocycles. The summed E-state index contributed by atoms with van der Waals surface area (Å²) < 4.78 is 1.24. The van der Waals surface area contributed by atoms with Gasteiger partial charge in [-0.1, -0.05) is 0 Å². The van der Waals surface area contributed by atoms with Crippen molar-refractivity contribution in [1.29, 1.82) is 0 Å². The Bertz CT molecular complexity index is 728. The van der Waals surface area contributed by atoms with E-state index in [1.807, 2.05) is 6.07 Å². The standard InChI is InChI=1S/C13H7Br2NO3/c14-11-5-9-8-2-1-7(16(18)19)3-6(8)4-10(9)12(15)13(11)17/h1-3,5,17H,4H2. The molecule has 3 rings (SSSR count). The van der Waals surface area contributed by atoms with Gasteiger partial charge >= 0.3 is 0 Å². The van der Waals surface area contributed by atoms with Gasteiger partial charge < -0.3 is 5.11 Å². The zero-order chi connectivity index (χ0) is 13.7. The summed E-state index contributed by atoms with van der Waals surface area (Å²) in [6, 6.07) is 6.69. The molecule has 0 bridgehead atoms. The number of non-ortho nitro benzene ring substituents is 1. The molecule has 2 aromatic rings. The molecule has 1 aliphatic rings. The third kappa shape index (κ3) is 1.86. The van der Waals surface area contributed by atoms with Crippen LogP contribution in [-0.2, 0) is 6.42 Å². The minimum Gasteiger partial charge on any atom is -0.506 e. The van der Waals surface area contributed by atoms with Gasteiger partial charge in [-0.25, -0.2) is 0 Å². The van der Waals surface area contributed by atoms with Crippen molar-refractivity contribution in [3.05, 3.63) is 54.5 Å². The first-order valence-corrected chi connectivity index (χ1v) is 7.05. The maximum absolute atomic E-state index is 10.8. The molecule has 1 N–H and O–H groups in total. The summed E-state index contributed by atoms with van der Waals surface area (Å²) >= 11 is 6.68. The Labute approximate surface area is 125 Å². The summed E-state index contributed by atoms with van der Waals surface area (Å²) in [5, 5.41) is 20.7. The number of hydrogen-bond acceptors (Lipinski definition) is 3. The number of nitrogens with zero attached hydrogens (tertiary/aromatic N) is 1. The second-order valence-electron chi connectivity index (χ2n) is 4.32. The van der Waals surface area contributed by atoms with E-state index in [1.54, 1.807) is 12.1 Å². The smallest absolute Gasteiger partial charge is 0.269 e. The number of aromatic hydroxyl groups is 1. The van der Waals surface area contributed by atoms with Gasteiger partial charge in [0.2, 0.25) is 0 Å². The molecule has 0 fully saturated rings. The van der Waals surface area contributed by atoms with Crippen LogP contribution in [0.3, 0.4) is 0 Å². The predicted octanol–water partition coefficient (Wildman–Crippen LogP) is 4.40. The molecule has 96 valence electrons. The van der Waals surface area contributed by atoms with E-state index < -0.39 is 4.92 Å². The first-order chi connectivity index (χ1) is 8.99. The van der Waals surface area contributed by atoms with Crippen LogP contribution in [-0.4, -0.2) is 10.0 Å². The maximum Gasteiger partial charge on any atom is 0.269 e. The minimum absolute atomic E-state index is 0.0889. The summed E-state index contributed by atoms with van der Waals surface area (Å²) in [5.74, 6) is 0.154. The quantitative estimate of drug-likeness (QED) is 0.499. The Morgan fingerprint density at radius 3 is 2.63 bits per heavy atom. The van der Waals surface area contributed by atoms with Gasteiger partial charge in [-0.05, 0) is 66.2 Å². The van der Waals surface area contributed by atoms with E-state index in [2.05, 4.69) is 31.9 Å². The molecule has 0 atom stereocenters. The number of halogens is 2. The molecule has 1 aliphatic carbocycles. The lowest BCUT2D eigenvalue weighted by molar-refractivity contribution is -0.384. The highest BCUT2D eigenvalue weighted by Crippen LogP contribution is 2.47. The second kappa shape index (κ2) is 4.31. The van der Waals surface area contributed by atoms with Crippen LogP contribution in [0.4, 0.5) is 5.69 Å². The number of nitro groups is 1. The van der Waals surface area contributed by atoms with Crippen molar-refractivity contribution < 1.29 is 10.0 Å². The Hall–Kier alpha value is -1.40. The zero-order valence-electron chi connectivity index (χ0n) is 9.48. The maximum atomic E-state index is 10.8. The van der Waals surface area contributed by atoms with Crippen LogP contribution in [0.5, 0.6) is 5.75 Å². The normalized spacial score (nSPS) is 12.1. The number of fused-ring (bicyclic) bond motifs is 3. The van der Waals surface area contributed by atoms with Crippen molar-refractivity contribution >= 4 is 37.5 Å². The minimum atomic E-state index is -0.397. The van der Waals surface area contributed by atoms with Crippen molar-refractivity contribution in [2.45, 2.75) is 6.42 Å². The molecular formula is C13H7Br2NO3. The number of hydrogen-bond donors (Lipinski definition) is 1. The molecular weight excluding hydrogens is 378 g/mol. The van der Waals surface area contributed by atoms with Gasteiger partial charge in [-0.15, -0.1) is 0 Å². The van der Waals surface area contributed by atoms with E-state index in [0.29, 0.717) is 15.4 Å². The highest BCUT2D eigenvalue weighted by atomic mass is 79.9. The fourth-order valence-electron chi connectivity index (χ4n) is 2.35. The lowest BCUT2D eigenvalue weighted by atomic mass is 10.1. The third-order valence-corrected chi connectivity index (χ3v) is 4.71. The molecule has 0 saturated heterocycles. The van der Waals surface area contributed by atoms with Crippen molar-refractivity contribution in [2.24, 2.45) is 0 Å². The molecule has 0 unspecified atom stereocenters. The van der Waals surface area contributed by atoms with E-state index in [4.69, 9.17) is 0 Å². The van der Waals surface area contributed by atoms with Crippen LogP contribution in [0.1, 0.15) is 11.1 Å². The molecule has 0 saturated carbocycles. The second-order valence-corrected chi connectivity index (χ2v) is 5.97. The molecule has 2 aromatic carbocycles. The van der Waals surface area contributed by atoms with Crippen LogP contribution in [0.15, 0.2) is 33.2 Å². The molecule has 19 heavy (non-hydrogen) atoms. The molecule has 0 aromatic heterocycles. The molecule has 0 radical (unpaired) electrons. The summed E-state index contributed by atoms with van der Waals surface area (Å²) in [6.45, 7) is 0. The molecule has 6 heteroatoms. The molecule has 0 amide bonds. The Kier molecular flexibility index (Phi) is 2.87. The highest BCUT2D eigenvalue weighted by molar-refractivity contribution is 9.11. The fourth-order valence-corrected chi connectivity index (χ4v) is 3.62. The van der Waals surface area contributed by atoms with Crippen molar-refractivity contribution in [1.82, 2.24) is 0 Å². The molecule has 0 spiro atoms. The van der Waals surface area contributed by atoms with Crippen LogP contribution < -0.4 is 0 Å². The summed E-state index contributed by atoms with van der Waals surface area (Å²) in [7, 11) is 0. The lowest BCUT2D eigenvalue weighted by Crippen LogP contribution is -1.89. The highest BCUT2D eigenvalue weighted by Gasteiger charge is 2.25. The Morgan fingerprint density at radius 2 is 1.95 bits per heavy atom. The SMILES string of the molecule is O=[N+]([O-])c1ccc2c(c1)Cc1c-2cc(Br)c(O)c1Br. The number of nitro benzene ring substituents is 1. The first kappa shape index (κ1) is 12.6. The fraction of sp³-hybridized carbons (Fsp3) is 0.0769. The summed E-state index contributed by atoms with van der Waals surface area (Å²) in [5.41, 5.74) is 3.91. The largest absolute Gasteiger partial charge is 0.506 e. The van der Waals surface area contributed by atoms with E-state index in [-0.39, 0.29) is 11.4 Å². The van der Waals surface area contributed by atoms with Gasteiger partial charge in [0.1, 0.15) is 5.75 Å². The van der Waals surface area contributed by atoms with Gasteiger partial charge in [-0.2, -0.15) is 0 Å². The average molecular weight is 385 g/mol. The number of phenolic OH excluding ortho intramolecular Hbond substituents is 1. The van der Waals surface area contributed by atoms with Crippen molar-refractivity contribution in [2.75, 3.05) is 0 Å². The molecule has 4 nitrogen and oxygen atoms in total. The van der Waals surface area contributed by atoms with Crippen LogP contribution in [0.25, 0.3) is 11.1 Å². The lowest BCUT2D eigenvalue weighted by Gasteiger charge is -2.07. The average Bonchev–Trinajstić information content (AvgIpc) is 2.74. The number of phenols is 1. The molecule has 0 heterocycles. The number of rotatable bonds is 1. The third-order valence-electron chi connectivity index (χ3n) is 3.25. The predicted molar refractivity (Wildman–Crippen MR) is 78.4 cm³/mol. The van der Waals surface area contributed by atoms with E-state index in [0.717, 1.165) is 22.3 Å². The first-order valence-electron chi connectivity index (χ1n) is 5.46. The zero-order valence-corrected chi connectivity index (χ0v) is 12.7. The topological polar surface area (TPSA) is 63.4 Å². The van der Waals surface area contributed by atoms with E-state index >= 15 is 0 Å². The van der Waals surface area contributed by atoms with E-state index in [9.17, 15) is 15.2 Å². The van der Waals surface area contributed by atoms with Gasteiger partial charge in [0, 0.05) is 18.6 Å². The van der Waals surface area contributed by atoms with Crippen molar-refractivity contribution in [3.8, 4) is 16.9 Å². The van der Waals surface area contributed by atoms with Crippen LogP contribution in [0.2, 0.25) is 0 Å². The summed E-state index contributed by atoms with van der Waals surface area (Å²) in [4.78, 5) is 10.4. The van der Waals surface area contributed by atoms with Gasteiger partial charge in [-0.3, -0.25) is 10.1 Å². The van der Waals surface area contributed by atoms with Gasteiger partial charge in [0.15, 0.2) is 0 Å². The van der Waals surface area contributed by atoms with Gasteiger partial charge in [0.05, 0.1) is 13.9 Å². The van der Waals surface area contributed by atoms with E-state index in [1.165, 1.54) is 6.07 Å².